The van der Waals surface area contributed by atoms with Crippen LogP contribution in [0.3, 0.4) is 0 Å². The monoisotopic (exact) mass is 302 g/mol. The van der Waals surface area contributed by atoms with Gasteiger partial charge in [-0.15, -0.1) is 0 Å². The van der Waals surface area contributed by atoms with Gasteiger partial charge in [-0.25, -0.2) is 9.97 Å². The van der Waals surface area contributed by atoms with E-state index in [1.54, 1.807) is 6.33 Å². The van der Waals surface area contributed by atoms with Crippen molar-refractivity contribution in [1.29, 1.82) is 0 Å². The molecule has 118 valence electrons. The molecule has 0 unspecified atom stereocenters. The van der Waals surface area contributed by atoms with Crippen LogP contribution in [0, 0.1) is 0 Å². The normalized spacial score (nSPS) is 22.5. The van der Waals surface area contributed by atoms with Gasteiger partial charge in [-0.05, 0) is 19.9 Å². The number of hydrogen-bond acceptors (Lipinski definition) is 6. The van der Waals surface area contributed by atoms with E-state index in [1.807, 2.05) is 17.8 Å². The van der Waals surface area contributed by atoms with Crippen molar-refractivity contribution in [2.45, 2.75) is 18.4 Å². The number of piperazine rings is 1. The Morgan fingerprint density at radius 2 is 1.95 bits per heavy atom. The van der Waals surface area contributed by atoms with Gasteiger partial charge in [0, 0.05) is 45.4 Å². The Morgan fingerprint density at radius 1 is 1.14 bits per heavy atom. The van der Waals surface area contributed by atoms with Gasteiger partial charge in [0.2, 0.25) is 5.95 Å². The van der Waals surface area contributed by atoms with Crippen LogP contribution in [0.5, 0.6) is 0 Å². The molecule has 22 heavy (non-hydrogen) atoms. The zero-order valence-corrected chi connectivity index (χ0v) is 13.2. The maximum absolute atomic E-state index is 5.56. The molecular weight excluding hydrogens is 280 g/mol. The van der Waals surface area contributed by atoms with Crippen molar-refractivity contribution in [3.05, 3.63) is 12.5 Å². The van der Waals surface area contributed by atoms with E-state index in [0.29, 0.717) is 0 Å². The number of ether oxygens (including phenoxy) is 1. The van der Waals surface area contributed by atoms with Gasteiger partial charge in [0.05, 0.1) is 12.5 Å². The summed E-state index contributed by atoms with van der Waals surface area (Å²) in [4.78, 5) is 18.4. The first-order valence-corrected chi connectivity index (χ1v) is 7.86. The van der Waals surface area contributed by atoms with Gasteiger partial charge in [-0.2, -0.15) is 4.98 Å². The molecule has 0 bridgehead atoms. The van der Waals surface area contributed by atoms with Crippen LogP contribution in [-0.4, -0.2) is 69.9 Å². The van der Waals surface area contributed by atoms with Crippen molar-refractivity contribution in [2.24, 2.45) is 7.05 Å². The number of imidazole rings is 1. The minimum absolute atomic E-state index is 0.196. The molecule has 7 nitrogen and oxygen atoms in total. The van der Waals surface area contributed by atoms with Crippen LogP contribution in [0.4, 0.5) is 5.95 Å². The van der Waals surface area contributed by atoms with E-state index in [-0.39, 0.29) is 5.54 Å². The molecule has 2 saturated heterocycles. The molecular formula is C15H22N6O. The third kappa shape index (κ3) is 2.16. The number of hydrogen-bond donors (Lipinski definition) is 0. The molecule has 0 N–H and O–H groups in total. The molecule has 0 aromatic carbocycles. The summed E-state index contributed by atoms with van der Waals surface area (Å²) in [5.41, 5.74) is 1.94. The summed E-state index contributed by atoms with van der Waals surface area (Å²) in [6.45, 7) is 4.66. The Hall–Kier alpha value is -1.73. The predicted octanol–water partition coefficient (Wildman–Crippen LogP) is 0.664. The molecule has 7 heteroatoms. The third-order valence-electron chi connectivity index (χ3n) is 5.15. The van der Waals surface area contributed by atoms with E-state index < -0.39 is 0 Å². The zero-order chi connectivity index (χ0) is 15.2. The first-order chi connectivity index (χ1) is 10.7. The van der Waals surface area contributed by atoms with Crippen LogP contribution in [0.2, 0.25) is 0 Å². The van der Waals surface area contributed by atoms with Gasteiger partial charge < -0.3 is 14.2 Å². The van der Waals surface area contributed by atoms with Crippen LogP contribution in [0.1, 0.15) is 12.8 Å². The number of aryl methyl sites for hydroxylation is 1. The number of nitrogens with zero attached hydrogens (tertiary/aromatic N) is 6. The van der Waals surface area contributed by atoms with E-state index in [4.69, 9.17) is 9.72 Å². The molecule has 2 fully saturated rings. The average Bonchev–Trinajstić information content (AvgIpc) is 2.92. The molecule has 0 aliphatic carbocycles. The molecule has 2 aromatic rings. The van der Waals surface area contributed by atoms with Crippen LogP contribution in [0.25, 0.3) is 11.2 Å². The number of likely N-dealkylation sites (N-methyl/N-ethyl adjacent to an activating group) is 1. The smallest absolute Gasteiger partial charge is 0.227 e. The van der Waals surface area contributed by atoms with Gasteiger partial charge in [0.1, 0.15) is 5.52 Å². The Bertz CT molecular complexity index is 678. The minimum Gasteiger partial charge on any atom is -0.381 e. The minimum atomic E-state index is 0.196. The first-order valence-electron chi connectivity index (χ1n) is 7.86. The fourth-order valence-electron chi connectivity index (χ4n) is 3.59. The standard InChI is InChI=1S/C15H22N6O/c1-19-11-17-12-9-16-14(18-13(12)19)21-6-5-20(2)15(10-21)3-7-22-8-4-15/h9,11H,3-8,10H2,1-2H3. The molecule has 4 heterocycles. The predicted molar refractivity (Wildman–Crippen MR) is 83.9 cm³/mol. The van der Waals surface area contributed by atoms with Gasteiger partial charge in [-0.1, -0.05) is 0 Å². The van der Waals surface area contributed by atoms with Crippen molar-refractivity contribution >= 4 is 17.1 Å². The van der Waals surface area contributed by atoms with E-state index in [1.165, 1.54) is 0 Å². The molecule has 2 aromatic heterocycles. The maximum atomic E-state index is 5.56. The number of anilines is 1. The van der Waals surface area contributed by atoms with Crippen LogP contribution < -0.4 is 4.90 Å². The lowest BCUT2D eigenvalue weighted by atomic mass is 9.86. The number of fused-ring (bicyclic) bond motifs is 1. The summed E-state index contributed by atoms with van der Waals surface area (Å²) in [6.07, 6.45) is 5.77. The summed E-state index contributed by atoms with van der Waals surface area (Å²) in [5.74, 6) is 0.815. The summed E-state index contributed by atoms with van der Waals surface area (Å²) in [5, 5.41) is 0. The number of rotatable bonds is 1. The molecule has 2 aliphatic heterocycles. The summed E-state index contributed by atoms with van der Waals surface area (Å²) in [7, 11) is 4.20. The fourth-order valence-corrected chi connectivity index (χ4v) is 3.59. The summed E-state index contributed by atoms with van der Waals surface area (Å²) >= 11 is 0. The number of aromatic nitrogens is 4. The molecule has 2 aliphatic rings. The van der Waals surface area contributed by atoms with E-state index in [0.717, 1.165) is 62.8 Å². The lowest BCUT2D eigenvalue weighted by Crippen LogP contribution is -2.63. The van der Waals surface area contributed by atoms with E-state index in [9.17, 15) is 0 Å². The Kier molecular flexibility index (Phi) is 3.27. The van der Waals surface area contributed by atoms with Gasteiger partial charge >= 0.3 is 0 Å². The molecule has 0 amide bonds. The lowest BCUT2D eigenvalue weighted by molar-refractivity contribution is -0.0222. The van der Waals surface area contributed by atoms with Crippen molar-refractivity contribution in [1.82, 2.24) is 24.4 Å². The quantitative estimate of drug-likeness (QED) is 0.771. The van der Waals surface area contributed by atoms with Gasteiger partial charge in [0.25, 0.3) is 0 Å². The summed E-state index contributed by atoms with van der Waals surface area (Å²) < 4.78 is 7.51. The van der Waals surface area contributed by atoms with E-state index >= 15 is 0 Å². The Morgan fingerprint density at radius 3 is 2.77 bits per heavy atom. The van der Waals surface area contributed by atoms with Crippen molar-refractivity contribution in [3.8, 4) is 0 Å². The second kappa shape index (κ2) is 5.17. The van der Waals surface area contributed by atoms with Gasteiger partial charge in [0.15, 0.2) is 5.65 Å². The highest BCUT2D eigenvalue weighted by Gasteiger charge is 2.41. The second-order valence-electron chi connectivity index (χ2n) is 6.41. The van der Waals surface area contributed by atoms with E-state index in [2.05, 4.69) is 26.8 Å². The Balaban J connectivity index is 1.64. The molecule has 0 saturated carbocycles. The lowest BCUT2D eigenvalue weighted by Gasteiger charge is -2.51. The highest BCUT2D eigenvalue weighted by atomic mass is 16.5. The average molecular weight is 302 g/mol. The van der Waals surface area contributed by atoms with Crippen LogP contribution in [-0.2, 0) is 11.8 Å². The zero-order valence-electron chi connectivity index (χ0n) is 13.2. The maximum Gasteiger partial charge on any atom is 0.227 e. The topological polar surface area (TPSA) is 59.3 Å². The van der Waals surface area contributed by atoms with Crippen molar-refractivity contribution < 1.29 is 4.74 Å². The van der Waals surface area contributed by atoms with Gasteiger partial charge in [-0.3, -0.25) is 4.90 Å². The first kappa shape index (κ1) is 13.9. The van der Waals surface area contributed by atoms with Crippen LogP contribution >= 0.6 is 0 Å². The fraction of sp³-hybridized carbons (Fsp3) is 0.667. The highest BCUT2D eigenvalue weighted by Crippen LogP contribution is 2.32. The van der Waals surface area contributed by atoms with Crippen LogP contribution in [0.15, 0.2) is 12.5 Å². The second-order valence-corrected chi connectivity index (χ2v) is 6.41. The Labute approximate surface area is 129 Å². The van der Waals surface area contributed by atoms with Crippen molar-refractivity contribution in [2.75, 3.05) is 44.8 Å². The molecule has 0 radical (unpaired) electrons. The molecule has 0 atom stereocenters. The molecule has 4 rings (SSSR count). The largest absolute Gasteiger partial charge is 0.381 e. The highest BCUT2D eigenvalue weighted by molar-refractivity contribution is 5.70. The SMILES string of the molecule is CN1CCN(c2ncc3ncn(C)c3n2)CC12CCOCC2. The summed E-state index contributed by atoms with van der Waals surface area (Å²) in [6, 6.07) is 0. The third-order valence-corrected chi connectivity index (χ3v) is 5.15. The molecule has 1 spiro atoms. The van der Waals surface area contributed by atoms with Crippen molar-refractivity contribution in [3.63, 3.8) is 0 Å².